The maximum absolute atomic E-state index is 12.7. The van der Waals surface area contributed by atoms with E-state index < -0.39 is 18.2 Å². The van der Waals surface area contributed by atoms with E-state index >= 15 is 0 Å². The van der Waals surface area contributed by atoms with E-state index in [0.717, 1.165) is 0 Å². The SMILES string of the molecule is CCc1noc(C)c1C(=O)N(C)[C@@H]1COC[C@@H](OC)[C@H]1O. The molecule has 1 aliphatic rings. The zero-order valence-corrected chi connectivity index (χ0v) is 12.8. The summed E-state index contributed by atoms with van der Waals surface area (Å²) in [4.78, 5) is 14.1. The number of amides is 1. The van der Waals surface area contributed by atoms with Crippen molar-refractivity contribution in [2.45, 2.75) is 38.5 Å². The van der Waals surface area contributed by atoms with E-state index in [1.54, 1.807) is 14.0 Å². The van der Waals surface area contributed by atoms with Gasteiger partial charge in [0.2, 0.25) is 0 Å². The summed E-state index contributed by atoms with van der Waals surface area (Å²) >= 11 is 0. The minimum atomic E-state index is -0.789. The Balaban J connectivity index is 2.20. The van der Waals surface area contributed by atoms with Crippen LogP contribution < -0.4 is 0 Å². The molecular weight excluding hydrogens is 276 g/mol. The second-order valence-electron chi connectivity index (χ2n) is 5.20. The lowest BCUT2D eigenvalue weighted by atomic mass is 10.0. The first-order chi connectivity index (χ1) is 10.0. The highest BCUT2D eigenvalue weighted by Gasteiger charge is 2.38. The van der Waals surface area contributed by atoms with Crippen molar-refractivity contribution in [3.05, 3.63) is 17.0 Å². The molecule has 1 amide bonds. The number of carbonyl (C=O) groups is 1. The summed E-state index contributed by atoms with van der Waals surface area (Å²) in [6.07, 6.45) is -0.618. The summed E-state index contributed by atoms with van der Waals surface area (Å²) in [7, 11) is 3.16. The van der Waals surface area contributed by atoms with E-state index in [4.69, 9.17) is 14.0 Å². The van der Waals surface area contributed by atoms with Crippen LogP contribution in [-0.2, 0) is 15.9 Å². The Kier molecular flexibility index (Phi) is 4.97. The molecule has 0 aliphatic carbocycles. The average molecular weight is 298 g/mol. The number of aliphatic hydroxyl groups is 1. The molecule has 2 rings (SSSR count). The zero-order valence-electron chi connectivity index (χ0n) is 12.8. The van der Waals surface area contributed by atoms with Crippen molar-refractivity contribution in [1.29, 1.82) is 0 Å². The number of rotatable bonds is 4. The Morgan fingerprint density at radius 1 is 1.52 bits per heavy atom. The largest absolute Gasteiger partial charge is 0.388 e. The Morgan fingerprint density at radius 3 is 2.86 bits per heavy atom. The molecule has 0 aromatic carbocycles. The zero-order chi connectivity index (χ0) is 15.6. The van der Waals surface area contributed by atoms with Gasteiger partial charge in [-0.2, -0.15) is 0 Å². The molecule has 118 valence electrons. The standard InChI is InChI=1S/C14H22N2O5/c1-5-9-12(8(2)21-15-9)14(18)16(3)10-6-20-7-11(19-4)13(10)17/h10-11,13,17H,5-7H2,1-4H3/t10-,11-,13+/m1/s1. The van der Waals surface area contributed by atoms with E-state index in [0.29, 0.717) is 30.0 Å². The quantitative estimate of drug-likeness (QED) is 0.865. The second kappa shape index (κ2) is 6.55. The van der Waals surface area contributed by atoms with Gasteiger partial charge >= 0.3 is 0 Å². The first-order valence-electron chi connectivity index (χ1n) is 7.02. The van der Waals surface area contributed by atoms with E-state index in [2.05, 4.69) is 5.16 Å². The molecule has 0 radical (unpaired) electrons. The fraction of sp³-hybridized carbons (Fsp3) is 0.714. The first kappa shape index (κ1) is 15.9. The van der Waals surface area contributed by atoms with Gasteiger partial charge in [-0.1, -0.05) is 12.1 Å². The molecule has 0 saturated carbocycles. The van der Waals surface area contributed by atoms with Crippen LogP contribution in [0, 0.1) is 6.92 Å². The molecule has 1 N–H and O–H groups in total. The van der Waals surface area contributed by atoms with Crippen LogP contribution in [0.3, 0.4) is 0 Å². The monoisotopic (exact) mass is 298 g/mol. The number of aryl methyl sites for hydroxylation is 2. The van der Waals surface area contributed by atoms with Gasteiger partial charge in [0.1, 0.15) is 23.5 Å². The molecule has 0 spiro atoms. The van der Waals surface area contributed by atoms with Gasteiger partial charge in [0.05, 0.1) is 24.9 Å². The molecule has 1 aromatic rings. The summed E-state index contributed by atoms with van der Waals surface area (Å²) in [6.45, 7) is 4.21. The maximum atomic E-state index is 12.7. The minimum Gasteiger partial charge on any atom is -0.388 e. The second-order valence-corrected chi connectivity index (χ2v) is 5.20. The summed E-state index contributed by atoms with van der Waals surface area (Å²) < 4.78 is 15.7. The molecule has 21 heavy (non-hydrogen) atoms. The molecule has 1 aliphatic heterocycles. The Hall–Kier alpha value is -1.44. The Morgan fingerprint density at radius 2 is 2.24 bits per heavy atom. The molecule has 1 saturated heterocycles. The van der Waals surface area contributed by atoms with Crippen LogP contribution in [0.4, 0.5) is 0 Å². The van der Waals surface area contributed by atoms with Gasteiger partial charge in [0.15, 0.2) is 0 Å². The van der Waals surface area contributed by atoms with Crippen LogP contribution in [0.15, 0.2) is 4.52 Å². The summed E-state index contributed by atoms with van der Waals surface area (Å²) in [6, 6.07) is -0.463. The lowest BCUT2D eigenvalue weighted by molar-refractivity contribution is -0.135. The smallest absolute Gasteiger partial charge is 0.259 e. The van der Waals surface area contributed by atoms with Crippen molar-refractivity contribution in [3.63, 3.8) is 0 Å². The van der Waals surface area contributed by atoms with Crippen molar-refractivity contribution >= 4 is 5.91 Å². The van der Waals surface area contributed by atoms with E-state index in [1.807, 2.05) is 6.92 Å². The molecule has 1 fully saturated rings. The molecule has 0 unspecified atom stereocenters. The normalized spacial score (nSPS) is 25.9. The third-order valence-electron chi connectivity index (χ3n) is 3.95. The number of hydrogen-bond acceptors (Lipinski definition) is 6. The van der Waals surface area contributed by atoms with Crippen LogP contribution in [0.2, 0.25) is 0 Å². The van der Waals surface area contributed by atoms with Gasteiger partial charge in [0.25, 0.3) is 5.91 Å². The van der Waals surface area contributed by atoms with Gasteiger partial charge < -0.3 is 24.0 Å². The maximum Gasteiger partial charge on any atom is 0.259 e. The van der Waals surface area contributed by atoms with Gasteiger partial charge in [0, 0.05) is 14.2 Å². The fourth-order valence-corrected chi connectivity index (χ4v) is 2.56. The van der Waals surface area contributed by atoms with Crippen LogP contribution >= 0.6 is 0 Å². The van der Waals surface area contributed by atoms with Crippen molar-refractivity contribution in [3.8, 4) is 0 Å². The lowest BCUT2D eigenvalue weighted by Gasteiger charge is -2.38. The number of likely N-dealkylation sites (N-methyl/N-ethyl adjacent to an activating group) is 1. The molecule has 3 atom stereocenters. The number of aliphatic hydroxyl groups excluding tert-OH is 1. The molecule has 1 aromatic heterocycles. The van der Waals surface area contributed by atoms with E-state index in [1.165, 1.54) is 12.0 Å². The van der Waals surface area contributed by atoms with Crippen LogP contribution in [0.1, 0.15) is 28.7 Å². The third-order valence-corrected chi connectivity index (χ3v) is 3.95. The molecule has 7 heteroatoms. The van der Waals surface area contributed by atoms with Crippen molar-refractivity contribution in [2.75, 3.05) is 27.4 Å². The average Bonchev–Trinajstić information content (AvgIpc) is 2.87. The number of carbonyl (C=O) groups excluding carboxylic acids is 1. The number of ether oxygens (including phenoxy) is 2. The number of aromatic nitrogens is 1. The fourth-order valence-electron chi connectivity index (χ4n) is 2.56. The minimum absolute atomic E-state index is 0.227. The van der Waals surface area contributed by atoms with Gasteiger partial charge in [-0.05, 0) is 13.3 Å². The first-order valence-corrected chi connectivity index (χ1v) is 7.02. The van der Waals surface area contributed by atoms with Crippen molar-refractivity contribution < 1.29 is 23.9 Å². The van der Waals surface area contributed by atoms with Crippen LogP contribution in [0.5, 0.6) is 0 Å². The predicted molar refractivity (Wildman–Crippen MR) is 74.1 cm³/mol. The van der Waals surface area contributed by atoms with E-state index in [9.17, 15) is 9.90 Å². The topological polar surface area (TPSA) is 85.0 Å². The van der Waals surface area contributed by atoms with Gasteiger partial charge in [-0.3, -0.25) is 4.79 Å². The summed E-state index contributed by atoms with van der Waals surface area (Å²) in [5, 5.41) is 14.2. The van der Waals surface area contributed by atoms with Gasteiger partial charge in [-0.15, -0.1) is 0 Å². The van der Waals surface area contributed by atoms with Gasteiger partial charge in [-0.25, -0.2) is 0 Å². The predicted octanol–water partition coefficient (Wildman–Crippen LogP) is 0.392. The number of hydrogen-bond donors (Lipinski definition) is 1. The molecule has 7 nitrogen and oxygen atoms in total. The van der Waals surface area contributed by atoms with Crippen LogP contribution in [0.25, 0.3) is 0 Å². The highest BCUT2D eigenvalue weighted by Crippen LogP contribution is 2.21. The highest BCUT2D eigenvalue weighted by atomic mass is 16.5. The molecular formula is C14H22N2O5. The lowest BCUT2D eigenvalue weighted by Crippen LogP contribution is -2.56. The Bertz CT molecular complexity index is 502. The molecule has 2 heterocycles. The van der Waals surface area contributed by atoms with Crippen molar-refractivity contribution in [1.82, 2.24) is 10.1 Å². The summed E-state index contributed by atoms with van der Waals surface area (Å²) in [5.41, 5.74) is 1.09. The highest BCUT2D eigenvalue weighted by molar-refractivity contribution is 5.96. The van der Waals surface area contributed by atoms with Crippen molar-refractivity contribution in [2.24, 2.45) is 0 Å². The third kappa shape index (κ3) is 2.95. The van der Waals surface area contributed by atoms with E-state index in [-0.39, 0.29) is 12.5 Å². The molecule has 0 bridgehead atoms. The van der Waals surface area contributed by atoms with Crippen LogP contribution in [-0.4, -0.2) is 66.7 Å². The Labute approximate surface area is 123 Å². The summed E-state index contributed by atoms with van der Waals surface area (Å²) in [5.74, 6) is 0.258. The number of methoxy groups -OCH3 is 1. The number of nitrogens with zero attached hydrogens (tertiary/aromatic N) is 2.